The number of aromatic nitrogens is 1. The second kappa shape index (κ2) is 4.70. The molecule has 0 atom stereocenters. The van der Waals surface area contributed by atoms with Gasteiger partial charge in [0.1, 0.15) is 0 Å². The van der Waals surface area contributed by atoms with E-state index in [1.165, 1.54) is 0 Å². The summed E-state index contributed by atoms with van der Waals surface area (Å²) in [5, 5.41) is 12.5. The van der Waals surface area contributed by atoms with E-state index in [1.807, 2.05) is 18.2 Å². The number of benzene rings is 1. The number of hydrogen-bond acceptors (Lipinski definition) is 1. The second-order valence-corrected chi connectivity index (χ2v) is 3.79. The van der Waals surface area contributed by atoms with E-state index in [-0.39, 0.29) is 24.6 Å². The van der Waals surface area contributed by atoms with Crippen LogP contribution in [0.25, 0.3) is 10.9 Å². The van der Waals surface area contributed by atoms with Crippen molar-refractivity contribution in [2.45, 2.75) is 19.8 Å². The number of aromatic amines is 1. The number of nitrogens with one attached hydrogen (secondary N) is 1. The van der Waals surface area contributed by atoms with E-state index in [1.54, 1.807) is 12.1 Å². The summed E-state index contributed by atoms with van der Waals surface area (Å²) in [6.07, 6.45) is 0. The molecule has 0 radical (unpaired) electrons. The fourth-order valence-corrected chi connectivity index (χ4v) is 1.52. The first-order valence-corrected chi connectivity index (χ1v) is 4.80. The van der Waals surface area contributed by atoms with Gasteiger partial charge in [-0.1, -0.05) is 26.0 Å². The Morgan fingerprint density at radius 3 is 2.53 bits per heavy atom. The Morgan fingerprint density at radius 1 is 1.13 bits per heavy atom. The third kappa shape index (κ3) is 2.34. The molecule has 0 aliphatic rings. The largest absolute Gasteiger partial charge is 1.00 e. The van der Waals surface area contributed by atoms with Crippen molar-refractivity contribution in [3.05, 3.63) is 36.0 Å². The van der Waals surface area contributed by atoms with Crippen molar-refractivity contribution >= 4 is 10.9 Å². The standard InChI is InChI=1S/C12H13NO.Li/c1-8(2)10-7-6-9-4-3-5-11(14)12(9)13-10;/h3-8,14H,1-2H3;/q;+1. The van der Waals surface area contributed by atoms with Crippen molar-refractivity contribution in [1.82, 2.24) is 0 Å². The molecule has 0 unspecified atom stereocenters. The van der Waals surface area contributed by atoms with Crippen LogP contribution in [0.1, 0.15) is 25.5 Å². The molecule has 0 saturated heterocycles. The molecule has 15 heavy (non-hydrogen) atoms. The van der Waals surface area contributed by atoms with Gasteiger partial charge >= 0.3 is 18.9 Å². The van der Waals surface area contributed by atoms with Crippen molar-refractivity contribution in [3.63, 3.8) is 0 Å². The first kappa shape index (κ1) is 12.1. The molecule has 2 nitrogen and oxygen atoms in total. The van der Waals surface area contributed by atoms with Crippen molar-refractivity contribution in [2.24, 2.45) is 0 Å². The van der Waals surface area contributed by atoms with E-state index < -0.39 is 0 Å². The van der Waals surface area contributed by atoms with Crippen molar-refractivity contribution in [1.29, 1.82) is 0 Å². The Kier molecular flexibility index (Phi) is 3.79. The SMILES string of the molecule is CC(C)c1ccc2cccc([O-])c2[nH+]1.[Li+]. The third-order valence-corrected chi connectivity index (χ3v) is 2.39. The van der Waals surface area contributed by atoms with Gasteiger partial charge < -0.3 is 5.11 Å². The fourth-order valence-electron chi connectivity index (χ4n) is 1.52. The average molecular weight is 194 g/mol. The van der Waals surface area contributed by atoms with E-state index in [4.69, 9.17) is 0 Å². The number of pyridine rings is 1. The molecular formula is C12H13LiNO+. The predicted molar refractivity (Wildman–Crippen MR) is 54.0 cm³/mol. The summed E-state index contributed by atoms with van der Waals surface area (Å²) in [5.74, 6) is 0.476. The van der Waals surface area contributed by atoms with E-state index in [0.717, 1.165) is 11.1 Å². The minimum absolute atomic E-state index is 0. The van der Waals surface area contributed by atoms with Crippen LogP contribution in [0.5, 0.6) is 5.75 Å². The maximum absolute atomic E-state index is 11.5. The Labute approximate surface area is 102 Å². The Balaban J connectivity index is 0.00000112. The summed E-state index contributed by atoms with van der Waals surface area (Å²) in [7, 11) is 0. The fraction of sp³-hybridized carbons (Fsp3) is 0.250. The van der Waals surface area contributed by atoms with Crippen molar-refractivity contribution in [2.75, 3.05) is 0 Å². The van der Waals surface area contributed by atoms with Gasteiger partial charge in [-0.25, -0.2) is 4.98 Å². The smallest absolute Gasteiger partial charge is 0.868 e. The predicted octanol–water partition coefficient (Wildman–Crippen LogP) is -1.15. The summed E-state index contributed by atoms with van der Waals surface area (Å²) in [4.78, 5) is 3.18. The van der Waals surface area contributed by atoms with Gasteiger partial charge in [0.25, 0.3) is 0 Å². The monoisotopic (exact) mass is 194 g/mol. The van der Waals surface area contributed by atoms with E-state index >= 15 is 0 Å². The molecule has 0 amide bonds. The molecule has 0 fully saturated rings. The number of H-pyrrole nitrogens is 1. The number of hydrogen-bond donors (Lipinski definition) is 0. The zero-order valence-electron chi connectivity index (χ0n) is 9.37. The Bertz CT molecular complexity index is 468. The number of fused-ring (bicyclic) bond motifs is 1. The zero-order chi connectivity index (χ0) is 10.1. The normalized spacial score (nSPS) is 10.3. The first-order chi connectivity index (χ1) is 6.68. The van der Waals surface area contributed by atoms with Gasteiger partial charge in [0.2, 0.25) is 5.52 Å². The summed E-state index contributed by atoms with van der Waals surface area (Å²) in [6, 6.07) is 9.34. The molecule has 0 aliphatic heterocycles. The van der Waals surface area contributed by atoms with Crippen LogP contribution in [-0.4, -0.2) is 0 Å². The molecule has 0 spiro atoms. The van der Waals surface area contributed by atoms with Gasteiger partial charge in [-0.3, -0.25) is 0 Å². The van der Waals surface area contributed by atoms with Crippen LogP contribution in [0, 0.1) is 0 Å². The molecule has 1 heterocycles. The van der Waals surface area contributed by atoms with Crippen molar-refractivity contribution < 1.29 is 29.0 Å². The Hall–Kier alpha value is -0.973. The molecule has 72 valence electrons. The molecule has 2 rings (SSSR count). The first-order valence-electron chi connectivity index (χ1n) is 4.80. The number of para-hydroxylation sites is 1. The van der Waals surface area contributed by atoms with Gasteiger partial charge in [0, 0.05) is 17.4 Å². The van der Waals surface area contributed by atoms with Crippen LogP contribution in [0.2, 0.25) is 0 Å². The molecule has 1 aromatic heterocycles. The maximum atomic E-state index is 11.5. The second-order valence-electron chi connectivity index (χ2n) is 3.79. The van der Waals surface area contributed by atoms with E-state index in [2.05, 4.69) is 18.8 Å². The average Bonchev–Trinajstić information content (AvgIpc) is 2.18. The van der Waals surface area contributed by atoms with Crippen molar-refractivity contribution in [3.8, 4) is 5.75 Å². The minimum Gasteiger partial charge on any atom is -0.868 e. The summed E-state index contributed by atoms with van der Waals surface area (Å²) < 4.78 is 0. The molecule has 1 aromatic carbocycles. The van der Waals surface area contributed by atoms with Crippen LogP contribution < -0.4 is 29.0 Å². The van der Waals surface area contributed by atoms with Crippen LogP contribution >= 0.6 is 0 Å². The molecule has 0 bridgehead atoms. The van der Waals surface area contributed by atoms with Gasteiger partial charge in [-0.15, -0.1) is 0 Å². The topological polar surface area (TPSA) is 37.2 Å². The maximum Gasteiger partial charge on any atom is 1.00 e. The minimum atomic E-state index is 0. The zero-order valence-corrected chi connectivity index (χ0v) is 9.37. The quantitative estimate of drug-likeness (QED) is 0.528. The van der Waals surface area contributed by atoms with Gasteiger partial charge in [-0.2, -0.15) is 0 Å². The molecular weight excluding hydrogens is 181 g/mol. The van der Waals surface area contributed by atoms with E-state index in [0.29, 0.717) is 11.4 Å². The van der Waals surface area contributed by atoms with Crippen LogP contribution in [0.4, 0.5) is 0 Å². The Morgan fingerprint density at radius 2 is 1.87 bits per heavy atom. The van der Waals surface area contributed by atoms with Gasteiger partial charge in [-0.05, 0) is 17.9 Å². The molecule has 3 heteroatoms. The summed E-state index contributed by atoms with van der Waals surface area (Å²) in [6.45, 7) is 4.20. The molecule has 2 aromatic rings. The summed E-state index contributed by atoms with van der Waals surface area (Å²) >= 11 is 0. The van der Waals surface area contributed by atoms with Gasteiger partial charge in [0.05, 0.1) is 0 Å². The van der Waals surface area contributed by atoms with Crippen LogP contribution in [0.15, 0.2) is 30.3 Å². The molecule has 0 saturated carbocycles. The third-order valence-electron chi connectivity index (χ3n) is 2.39. The van der Waals surface area contributed by atoms with E-state index in [9.17, 15) is 5.11 Å². The van der Waals surface area contributed by atoms with Crippen LogP contribution in [-0.2, 0) is 0 Å². The van der Waals surface area contributed by atoms with Crippen LogP contribution in [0.3, 0.4) is 0 Å². The molecule has 1 N–H and O–H groups in total. The molecule has 0 aliphatic carbocycles. The summed E-state index contributed by atoms with van der Waals surface area (Å²) in [5.41, 5.74) is 1.81. The number of rotatable bonds is 1. The van der Waals surface area contributed by atoms with Gasteiger partial charge in [0.15, 0.2) is 5.69 Å².